The van der Waals surface area contributed by atoms with Crippen LogP contribution < -0.4 is 21.5 Å². The van der Waals surface area contributed by atoms with E-state index in [4.69, 9.17) is 0 Å². The van der Waals surface area contributed by atoms with E-state index < -0.39 is 28.8 Å². The maximum absolute atomic E-state index is 13.5. The minimum absolute atomic E-state index is 0.0726. The number of benzene rings is 1. The van der Waals surface area contributed by atoms with Crippen molar-refractivity contribution in [2.24, 2.45) is 5.92 Å². The Bertz CT molecular complexity index is 1140. The van der Waals surface area contributed by atoms with Crippen LogP contribution in [0.5, 0.6) is 5.75 Å². The van der Waals surface area contributed by atoms with Crippen LogP contribution in [-0.2, 0) is 18.6 Å². The number of aryl methyl sites for hydroxylation is 1. The lowest BCUT2D eigenvalue weighted by atomic mass is 9.77. The Balaban J connectivity index is 1.69. The van der Waals surface area contributed by atoms with Crippen LogP contribution >= 0.6 is 0 Å². The van der Waals surface area contributed by atoms with Crippen molar-refractivity contribution in [2.75, 3.05) is 7.05 Å². The Labute approximate surface area is 184 Å². The lowest BCUT2D eigenvalue weighted by Gasteiger charge is -2.36. The Morgan fingerprint density at radius 2 is 2.03 bits per heavy atom. The Morgan fingerprint density at radius 3 is 2.69 bits per heavy atom. The summed E-state index contributed by atoms with van der Waals surface area (Å²) < 4.78 is 14.9. The fraction of sp³-hybridized carbons (Fsp3) is 0.455. The quantitative estimate of drug-likeness (QED) is 0.572. The number of aromatic nitrogens is 2. The predicted octanol–water partition coefficient (Wildman–Crippen LogP) is 1.65. The molecule has 1 saturated carbocycles. The average Bonchev–Trinajstić information content (AvgIpc) is 3.02. The summed E-state index contributed by atoms with van der Waals surface area (Å²) in [6, 6.07) is 4.06. The van der Waals surface area contributed by atoms with Crippen molar-refractivity contribution in [3.8, 4) is 5.75 Å². The molecule has 3 heterocycles. The van der Waals surface area contributed by atoms with Crippen LogP contribution in [0.3, 0.4) is 0 Å². The molecule has 10 heteroatoms. The summed E-state index contributed by atoms with van der Waals surface area (Å²) in [4.78, 5) is 42.4. The number of nitrogens with zero attached hydrogens (tertiary/aromatic N) is 2. The fourth-order valence-corrected chi connectivity index (χ4v) is 4.62. The first-order chi connectivity index (χ1) is 15.2. The largest absolute Gasteiger partial charge is 0.501 e. The van der Waals surface area contributed by atoms with Crippen LogP contribution in [0.4, 0.5) is 9.18 Å². The summed E-state index contributed by atoms with van der Waals surface area (Å²) in [6.07, 6.45) is 2.74. The van der Waals surface area contributed by atoms with Crippen molar-refractivity contribution in [2.45, 2.75) is 51.2 Å². The van der Waals surface area contributed by atoms with E-state index in [2.05, 4.69) is 20.9 Å². The van der Waals surface area contributed by atoms with Crippen molar-refractivity contribution >= 4 is 11.9 Å². The number of rotatable bonds is 4. The van der Waals surface area contributed by atoms with Crippen molar-refractivity contribution in [3.63, 3.8) is 0 Å². The third-order valence-corrected chi connectivity index (χ3v) is 6.44. The van der Waals surface area contributed by atoms with E-state index in [1.54, 1.807) is 19.1 Å². The first-order valence-electron chi connectivity index (χ1n) is 10.6. The number of hydrogen-bond acceptors (Lipinski definition) is 5. The normalized spacial score (nSPS) is 21.4. The van der Waals surface area contributed by atoms with E-state index in [1.165, 1.54) is 17.7 Å². The zero-order valence-corrected chi connectivity index (χ0v) is 18.0. The Hall–Kier alpha value is -3.43. The smallest absolute Gasteiger partial charge is 0.315 e. The number of hydrogen-bond donors (Lipinski definition) is 4. The Kier molecular flexibility index (Phi) is 5.62. The number of aromatic hydroxyl groups is 1. The zero-order valence-electron chi connectivity index (χ0n) is 18.0. The fourth-order valence-electron chi connectivity index (χ4n) is 4.62. The van der Waals surface area contributed by atoms with E-state index in [1.807, 2.05) is 0 Å². The van der Waals surface area contributed by atoms with Crippen molar-refractivity contribution in [3.05, 3.63) is 57.0 Å². The molecule has 2 aliphatic heterocycles. The van der Waals surface area contributed by atoms with Gasteiger partial charge in [-0.15, -0.1) is 0 Å². The second kappa shape index (κ2) is 8.25. The molecule has 5 rings (SSSR count). The van der Waals surface area contributed by atoms with E-state index in [0.717, 1.165) is 12.8 Å². The number of halogens is 1. The van der Waals surface area contributed by atoms with Crippen LogP contribution in [0.1, 0.15) is 53.1 Å². The van der Waals surface area contributed by atoms with Crippen LogP contribution in [0.25, 0.3) is 0 Å². The molecule has 2 bridgehead atoms. The van der Waals surface area contributed by atoms with E-state index >= 15 is 0 Å². The molecular formula is C22H26FN5O4. The van der Waals surface area contributed by atoms with Crippen molar-refractivity contribution < 1.29 is 19.1 Å². The molecule has 2 aromatic rings. The standard InChI is InChI=1S/C22H26FN5O4/c1-12-9-14(3-4-15(12)23)10-25-18(30)16-17(29)19(31)28-11-13-5-7-22(8-6-13,20(28)26-16)27-21(32)24-2/h3-4,9,13,29H,5-8,10-11H2,1-2H3,(H,25,30)(H2,24,27,32). The van der Waals surface area contributed by atoms with Crippen LogP contribution in [0.2, 0.25) is 0 Å². The highest BCUT2D eigenvalue weighted by atomic mass is 19.1. The summed E-state index contributed by atoms with van der Waals surface area (Å²) in [5, 5.41) is 18.6. The van der Waals surface area contributed by atoms with Gasteiger partial charge in [-0.1, -0.05) is 12.1 Å². The summed E-state index contributed by atoms with van der Waals surface area (Å²) in [5.74, 6) is -1.28. The van der Waals surface area contributed by atoms with Gasteiger partial charge in [-0.2, -0.15) is 0 Å². The van der Waals surface area contributed by atoms with Gasteiger partial charge in [0, 0.05) is 20.1 Å². The third kappa shape index (κ3) is 3.80. The topological polar surface area (TPSA) is 125 Å². The molecule has 1 aromatic heterocycles. The van der Waals surface area contributed by atoms with E-state index in [0.29, 0.717) is 30.5 Å². The predicted molar refractivity (Wildman–Crippen MR) is 114 cm³/mol. The molecule has 3 aliphatic rings. The molecule has 4 N–H and O–H groups in total. The monoisotopic (exact) mass is 443 g/mol. The van der Waals surface area contributed by atoms with Gasteiger partial charge in [0.1, 0.15) is 11.6 Å². The molecule has 0 unspecified atom stereocenters. The lowest BCUT2D eigenvalue weighted by molar-refractivity contribution is 0.0941. The number of amides is 3. The van der Waals surface area contributed by atoms with Crippen LogP contribution in [0, 0.1) is 18.7 Å². The highest BCUT2D eigenvalue weighted by molar-refractivity contribution is 5.94. The van der Waals surface area contributed by atoms with Gasteiger partial charge in [0.05, 0.1) is 5.54 Å². The zero-order chi connectivity index (χ0) is 23.0. The first kappa shape index (κ1) is 21.8. The molecule has 3 amide bonds. The van der Waals surface area contributed by atoms with Gasteiger partial charge < -0.3 is 21.1 Å². The van der Waals surface area contributed by atoms with Gasteiger partial charge >= 0.3 is 6.03 Å². The molecule has 1 aromatic carbocycles. The second-order valence-corrected chi connectivity index (χ2v) is 8.54. The van der Waals surface area contributed by atoms with E-state index in [9.17, 15) is 23.9 Å². The van der Waals surface area contributed by atoms with E-state index in [-0.39, 0.29) is 29.8 Å². The molecule has 0 saturated heterocycles. The number of urea groups is 1. The van der Waals surface area contributed by atoms with Gasteiger partial charge in [-0.05, 0) is 55.7 Å². The minimum Gasteiger partial charge on any atom is -0.501 e. The van der Waals surface area contributed by atoms with Crippen molar-refractivity contribution in [1.82, 2.24) is 25.5 Å². The van der Waals surface area contributed by atoms with Gasteiger partial charge in [-0.25, -0.2) is 14.2 Å². The molecule has 0 atom stereocenters. The molecule has 32 heavy (non-hydrogen) atoms. The second-order valence-electron chi connectivity index (χ2n) is 8.54. The summed E-state index contributed by atoms with van der Waals surface area (Å²) >= 11 is 0. The summed E-state index contributed by atoms with van der Waals surface area (Å²) in [5.41, 5.74) is -0.875. The van der Waals surface area contributed by atoms with Gasteiger partial charge in [0.25, 0.3) is 11.5 Å². The highest BCUT2D eigenvalue weighted by Gasteiger charge is 2.45. The minimum atomic E-state index is -0.900. The van der Waals surface area contributed by atoms with Gasteiger partial charge in [0.2, 0.25) is 5.75 Å². The highest BCUT2D eigenvalue weighted by Crippen LogP contribution is 2.42. The molecule has 9 nitrogen and oxygen atoms in total. The third-order valence-electron chi connectivity index (χ3n) is 6.44. The summed E-state index contributed by atoms with van der Waals surface area (Å²) in [6.45, 7) is 2.07. The average molecular weight is 443 g/mol. The number of nitrogens with one attached hydrogen (secondary N) is 3. The number of carbonyl (C=O) groups excluding carboxylic acids is 2. The van der Waals surface area contributed by atoms with Crippen LogP contribution in [-0.4, -0.2) is 33.6 Å². The molecule has 0 spiro atoms. The summed E-state index contributed by atoms with van der Waals surface area (Å²) in [7, 11) is 1.50. The molecule has 170 valence electrons. The maximum Gasteiger partial charge on any atom is 0.315 e. The molecule has 1 aliphatic carbocycles. The van der Waals surface area contributed by atoms with Crippen LogP contribution in [0.15, 0.2) is 23.0 Å². The van der Waals surface area contributed by atoms with Gasteiger partial charge in [0.15, 0.2) is 5.69 Å². The van der Waals surface area contributed by atoms with Crippen molar-refractivity contribution in [1.29, 1.82) is 0 Å². The first-order valence-corrected chi connectivity index (χ1v) is 10.6. The Morgan fingerprint density at radius 1 is 1.31 bits per heavy atom. The van der Waals surface area contributed by atoms with Gasteiger partial charge in [-0.3, -0.25) is 14.2 Å². The molecular weight excluding hydrogens is 417 g/mol. The lowest BCUT2D eigenvalue weighted by Crippen LogP contribution is -2.52. The SMILES string of the molecule is CNC(=O)NC12CCC(CC1)Cn1c2nc(C(=O)NCc2ccc(F)c(C)c2)c(O)c1=O. The number of fused-ring (bicyclic) bond motifs is 2. The molecule has 1 fully saturated rings. The molecule has 0 radical (unpaired) electrons. The number of carbonyl (C=O) groups is 2. The maximum atomic E-state index is 13.5.